The molecule has 1 aliphatic rings. The van der Waals surface area contributed by atoms with Crippen molar-refractivity contribution in [2.24, 2.45) is 5.84 Å². The van der Waals surface area contributed by atoms with E-state index in [-0.39, 0.29) is 6.04 Å². The highest BCUT2D eigenvalue weighted by Gasteiger charge is 2.17. The lowest BCUT2D eigenvalue weighted by Gasteiger charge is -2.18. The molecule has 3 N–H and O–H groups in total. The van der Waals surface area contributed by atoms with Crippen molar-refractivity contribution in [3.05, 3.63) is 53.3 Å². The van der Waals surface area contributed by atoms with E-state index >= 15 is 0 Å². The van der Waals surface area contributed by atoms with Crippen molar-refractivity contribution in [2.75, 3.05) is 13.2 Å². The molecule has 5 nitrogen and oxygen atoms in total. The van der Waals surface area contributed by atoms with Crippen LogP contribution in [-0.4, -0.2) is 18.2 Å². The lowest BCUT2D eigenvalue weighted by molar-refractivity contribution is 0.297. The Morgan fingerprint density at radius 2 is 1.86 bits per heavy atom. The summed E-state index contributed by atoms with van der Waals surface area (Å²) in [5.74, 6) is 7.29. The van der Waals surface area contributed by atoms with Crippen molar-refractivity contribution < 1.29 is 9.47 Å². The molecule has 0 aliphatic carbocycles. The zero-order valence-electron chi connectivity index (χ0n) is 12.0. The van der Waals surface area contributed by atoms with Crippen LogP contribution in [0.5, 0.6) is 11.5 Å². The molecule has 0 bridgehead atoms. The maximum atomic E-state index is 5.73. The van der Waals surface area contributed by atoms with Gasteiger partial charge in [-0.25, -0.2) is 5.43 Å². The fourth-order valence-corrected chi connectivity index (χ4v) is 2.39. The second-order valence-corrected chi connectivity index (χ2v) is 5.09. The van der Waals surface area contributed by atoms with E-state index in [4.69, 9.17) is 15.3 Å². The minimum atomic E-state index is -0.129. The van der Waals surface area contributed by atoms with Gasteiger partial charge in [-0.15, -0.1) is 0 Å². The molecule has 110 valence electrons. The van der Waals surface area contributed by atoms with Crippen LogP contribution in [0.1, 0.15) is 29.3 Å². The molecule has 0 fully saturated rings. The van der Waals surface area contributed by atoms with Crippen LogP contribution in [0.2, 0.25) is 0 Å². The largest absolute Gasteiger partial charge is 0.490 e. The Hall–Kier alpha value is -2.11. The number of benzene rings is 1. The van der Waals surface area contributed by atoms with E-state index in [1.165, 1.54) is 0 Å². The summed E-state index contributed by atoms with van der Waals surface area (Å²) < 4.78 is 11.4. The first-order chi connectivity index (χ1) is 10.3. The van der Waals surface area contributed by atoms with Crippen LogP contribution in [-0.2, 0) is 0 Å². The summed E-state index contributed by atoms with van der Waals surface area (Å²) in [6, 6.07) is 9.78. The molecule has 2 heterocycles. The SMILES string of the molecule is Cc1ccc(C(NN)c2ccc3c(c2)OCCCO3)cn1. The Morgan fingerprint density at radius 3 is 2.57 bits per heavy atom. The van der Waals surface area contributed by atoms with E-state index in [0.29, 0.717) is 13.2 Å². The molecule has 1 aromatic heterocycles. The van der Waals surface area contributed by atoms with Crippen molar-refractivity contribution in [3.63, 3.8) is 0 Å². The molecule has 2 aromatic rings. The molecule has 0 radical (unpaired) electrons. The van der Waals surface area contributed by atoms with Gasteiger partial charge in [0.15, 0.2) is 11.5 Å². The number of hydrazine groups is 1. The first kappa shape index (κ1) is 13.9. The molecule has 1 aromatic carbocycles. The molecular weight excluding hydrogens is 266 g/mol. The third-order valence-corrected chi connectivity index (χ3v) is 3.54. The fraction of sp³-hybridized carbons (Fsp3) is 0.312. The number of fused-ring (bicyclic) bond motifs is 1. The topological polar surface area (TPSA) is 69.4 Å². The summed E-state index contributed by atoms with van der Waals surface area (Å²) in [7, 11) is 0. The molecule has 3 rings (SSSR count). The first-order valence-corrected chi connectivity index (χ1v) is 7.06. The van der Waals surface area contributed by atoms with E-state index in [0.717, 1.165) is 34.7 Å². The zero-order valence-corrected chi connectivity index (χ0v) is 12.0. The third kappa shape index (κ3) is 2.99. The van der Waals surface area contributed by atoms with E-state index in [1.807, 2.05) is 43.5 Å². The Balaban J connectivity index is 1.93. The minimum absolute atomic E-state index is 0.129. The molecule has 1 atom stereocenters. The number of nitrogens with two attached hydrogens (primary N) is 1. The number of pyridine rings is 1. The van der Waals surface area contributed by atoms with Gasteiger partial charge in [0, 0.05) is 18.3 Å². The summed E-state index contributed by atoms with van der Waals surface area (Å²) in [5.41, 5.74) is 5.85. The predicted molar refractivity (Wildman–Crippen MR) is 80.2 cm³/mol. The number of hydrogen-bond donors (Lipinski definition) is 2. The van der Waals surface area contributed by atoms with E-state index < -0.39 is 0 Å². The maximum absolute atomic E-state index is 5.73. The van der Waals surface area contributed by atoms with Crippen LogP contribution in [0.4, 0.5) is 0 Å². The van der Waals surface area contributed by atoms with Gasteiger partial charge in [0.25, 0.3) is 0 Å². The number of nitrogens with zero attached hydrogens (tertiary/aromatic N) is 1. The summed E-state index contributed by atoms with van der Waals surface area (Å²) in [6.07, 6.45) is 2.73. The fourth-order valence-electron chi connectivity index (χ4n) is 2.39. The average molecular weight is 285 g/mol. The Kier molecular flexibility index (Phi) is 4.03. The van der Waals surface area contributed by atoms with Crippen LogP contribution in [0.25, 0.3) is 0 Å². The van der Waals surface area contributed by atoms with Gasteiger partial charge in [0.05, 0.1) is 19.3 Å². The second kappa shape index (κ2) is 6.11. The number of aryl methyl sites for hydroxylation is 1. The molecule has 5 heteroatoms. The Labute approximate surface area is 124 Å². The average Bonchev–Trinajstić information content (AvgIpc) is 2.75. The summed E-state index contributed by atoms with van der Waals surface area (Å²) in [6.45, 7) is 3.32. The highest BCUT2D eigenvalue weighted by atomic mass is 16.5. The zero-order chi connectivity index (χ0) is 14.7. The van der Waals surface area contributed by atoms with E-state index in [9.17, 15) is 0 Å². The van der Waals surface area contributed by atoms with Gasteiger partial charge in [-0.05, 0) is 36.2 Å². The van der Waals surface area contributed by atoms with Crippen molar-refractivity contribution in [2.45, 2.75) is 19.4 Å². The number of aromatic nitrogens is 1. The van der Waals surface area contributed by atoms with Gasteiger partial charge in [0.1, 0.15) is 0 Å². The van der Waals surface area contributed by atoms with E-state index in [2.05, 4.69) is 10.4 Å². The maximum Gasteiger partial charge on any atom is 0.161 e. The third-order valence-electron chi connectivity index (χ3n) is 3.54. The van der Waals surface area contributed by atoms with Crippen LogP contribution in [0.3, 0.4) is 0 Å². The van der Waals surface area contributed by atoms with Gasteiger partial charge in [-0.2, -0.15) is 0 Å². The summed E-state index contributed by atoms with van der Waals surface area (Å²) in [5, 5.41) is 0. The molecule has 21 heavy (non-hydrogen) atoms. The second-order valence-electron chi connectivity index (χ2n) is 5.09. The van der Waals surface area contributed by atoms with Crippen molar-refractivity contribution in [1.82, 2.24) is 10.4 Å². The number of hydrogen-bond acceptors (Lipinski definition) is 5. The van der Waals surface area contributed by atoms with Crippen molar-refractivity contribution in [3.8, 4) is 11.5 Å². The van der Waals surface area contributed by atoms with Gasteiger partial charge >= 0.3 is 0 Å². The number of ether oxygens (including phenoxy) is 2. The number of rotatable bonds is 3. The molecule has 0 saturated heterocycles. The monoisotopic (exact) mass is 285 g/mol. The highest BCUT2D eigenvalue weighted by molar-refractivity contribution is 5.46. The van der Waals surface area contributed by atoms with Gasteiger partial charge < -0.3 is 9.47 Å². The Morgan fingerprint density at radius 1 is 1.10 bits per heavy atom. The highest BCUT2D eigenvalue weighted by Crippen LogP contribution is 2.33. The lowest BCUT2D eigenvalue weighted by atomic mass is 10.00. The Bertz CT molecular complexity index is 613. The first-order valence-electron chi connectivity index (χ1n) is 7.06. The molecule has 0 spiro atoms. The van der Waals surface area contributed by atoms with Crippen LogP contribution in [0.15, 0.2) is 36.5 Å². The molecule has 1 aliphatic heterocycles. The van der Waals surface area contributed by atoms with Crippen LogP contribution >= 0.6 is 0 Å². The van der Waals surface area contributed by atoms with Crippen LogP contribution < -0.4 is 20.7 Å². The normalized spacial score (nSPS) is 15.3. The van der Waals surface area contributed by atoms with E-state index in [1.54, 1.807) is 0 Å². The predicted octanol–water partition coefficient (Wildman–Crippen LogP) is 2.10. The molecule has 0 saturated carbocycles. The summed E-state index contributed by atoms with van der Waals surface area (Å²) in [4.78, 5) is 4.32. The van der Waals surface area contributed by atoms with Gasteiger partial charge in [-0.3, -0.25) is 10.8 Å². The van der Waals surface area contributed by atoms with Crippen molar-refractivity contribution >= 4 is 0 Å². The molecular formula is C16H19N3O2. The van der Waals surface area contributed by atoms with Crippen molar-refractivity contribution in [1.29, 1.82) is 0 Å². The van der Waals surface area contributed by atoms with Gasteiger partial charge in [0.2, 0.25) is 0 Å². The van der Waals surface area contributed by atoms with Crippen LogP contribution in [0, 0.1) is 6.92 Å². The minimum Gasteiger partial charge on any atom is -0.490 e. The van der Waals surface area contributed by atoms with Gasteiger partial charge in [-0.1, -0.05) is 12.1 Å². The summed E-state index contributed by atoms with van der Waals surface area (Å²) >= 11 is 0. The number of nitrogens with one attached hydrogen (secondary N) is 1. The quantitative estimate of drug-likeness (QED) is 0.667. The lowest BCUT2D eigenvalue weighted by Crippen LogP contribution is -2.29. The smallest absolute Gasteiger partial charge is 0.161 e. The molecule has 0 amide bonds. The molecule has 1 unspecified atom stereocenters. The standard InChI is InChI=1S/C16H19N3O2/c1-11-3-4-13(10-18-11)16(19-17)12-5-6-14-15(9-12)21-8-2-7-20-14/h3-6,9-10,16,19H,2,7-8,17H2,1H3.